The first kappa shape index (κ1) is 18.5. The molecule has 0 fully saturated rings. The van der Waals surface area contributed by atoms with Gasteiger partial charge in [-0.15, -0.1) is 0 Å². The Bertz CT molecular complexity index is 955. The molecular weight excluding hydrogens is 342 g/mol. The van der Waals surface area contributed by atoms with Gasteiger partial charge in [0.1, 0.15) is 5.75 Å². The van der Waals surface area contributed by atoms with E-state index in [4.69, 9.17) is 4.74 Å². The zero-order valence-electron chi connectivity index (χ0n) is 15.5. The van der Waals surface area contributed by atoms with Gasteiger partial charge in [-0.25, -0.2) is 4.79 Å². The van der Waals surface area contributed by atoms with Gasteiger partial charge in [0.25, 0.3) is 5.91 Å². The van der Waals surface area contributed by atoms with Gasteiger partial charge in [-0.05, 0) is 56.7 Å². The van der Waals surface area contributed by atoms with Crippen molar-refractivity contribution in [2.75, 3.05) is 11.5 Å². The molecule has 2 aromatic carbocycles. The second-order valence-corrected chi connectivity index (χ2v) is 6.31. The molecule has 0 bridgehead atoms. The Kier molecular flexibility index (Phi) is 5.12. The average Bonchev–Trinajstić information content (AvgIpc) is 2.86. The third-order valence-corrected chi connectivity index (χ3v) is 4.35. The van der Waals surface area contributed by atoms with Crippen LogP contribution in [0.4, 0.5) is 5.69 Å². The van der Waals surface area contributed by atoms with E-state index in [0.717, 1.165) is 5.56 Å². The van der Waals surface area contributed by atoms with Crippen molar-refractivity contribution in [2.45, 2.75) is 20.8 Å². The van der Waals surface area contributed by atoms with E-state index in [2.05, 4.69) is 0 Å². The quantitative estimate of drug-likeness (QED) is 0.659. The highest BCUT2D eigenvalue weighted by atomic mass is 16.5. The molecule has 0 saturated carbocycles. The summed E-state index contributed by atoms with van der Waals surface area (Å²) in [7, 11) is 0. The number of esters is 1. The Hall–Kier alpha value is -3.34. The number of benzene rings is 2. The van der Waals surface area contributed by atoms with E-state index >= 15 is 0 Å². The molecule has 0 radical (unpaired) electrons. The molecule has 0 atom stereocenters. The summed E-state index contributed by atoms with van der Waals surface area (Å²) in [6, 6.07) is 14.0. The number of hydrogen-bond donors (Lipinski definition) is 1. The summed E-state index contributed by atoms with van der Waals surface area (Å²) in [4.78, 5) is 27.2. The molecule has 1 amide bonds. The summed E-state index contributed by atoms with van der Waals surface area (Å²) in [5, 5.41) is 9.69. The SMILES string of the molecule is CCOC(=O)C1=C(C)N(c2ccc(C)cc2)C(=O)C1=Cc1cccc(O)c1. The Balaban J connectivity index is 2.12. The molecule has 1 aliphatic rings. The van der Waals surface area contributed by atoms with Crippen LogP contribution < -0.4 is 4.90 Å². The maximum Gasteiger partial charge on any atom is 0.340 e. The van der Waals surface area contributed by atoms with Crippen LogP contribution in [-0.2, 0) is 14.3 Å². The first-order valence-electron chi connectivity index (χ1n) is 8.72. The van der Waals surface area contributed by atoms with Gasteiger partial charge < -0.3 is 9.84 Å². The minimum Gasteiger partial charge on any atom is -0.508 e. The molecule has 0 spiro atoms. The maximum atomic E-state index is 13.2. The van der Waals surface area contributed by atoms with E-state index in [9.17, 15) is 14.7 Å². The molecule has 0 aliphatic carbocycles. The highest BCUT2D eigenvalue weighted by molar-refractivity contribution is 6.23. The van der Waals surface area contributed by atoms with Gasteiger partial charge in [0, 0.05) is 11.4 Å². The Morgan fingerprint density at radius 1 is 1.15 bits per heavy atom. The first-order valence-corrected chi connectivity index (χ1v) is 8.72. The number of phenolic OH excluding ortho intramolecular Hbond substituents is 1. The number of aromatic hydroxyl groups is 1. The van der Waals surface area contributed by atoms with Gasteiger partial charge >= 0.3 is 5.97 Å². The number of allylic oxidation sites excluding steroid dienone is 1. The van der Waals surface area contributed by atoms with Crippen LogP contribution in [-0.4, -0.2) is 23.6 Å². The molecule has 1 aliphatic heterocycles. The van der Waals surface area contributed by atoms with Crippen molar-refractivity contribution in [3.05, 3.63) is 76.5 Å². The largest absolute Gasteiger partial charge is 0.508 e. The lowest BCUT2D eigenvalue weighted by Crippen LogP contribution is -2.24. The summed E-state index contributed by atoms with van der Waals surface area (Å²) in [6.45, 7) is 5.64. The van der Waals surface area contributed by atoms with Gasteiger partial charge in [0.05, 0.1) is 17.8 Å². The predicted octanol–water partition coefficient (Wildman–Crippen LogP) is 3.97. The van der Waals surface area contributed by atoms with Crippen molar-refractivity contribution >= 4 is 23.6 Å². The molecule has 0 saturated heterocycles. The fourth-order valence-electron chi connectivity index (χ4n) is 3.07. The molecule has 2 aromatic rings. The number of phenols is 1. The number of carbonyl (C=O) groups is 2. The summed E-state index contributed by atoms with van der Waals surface area (Å²) in [5.74, 6) is -0.754. The fraction of sp³-hybridized carbons (Fsp3) is 0.182. The Labute approximate surface area is 158 Å². The van der Waals surface area contributed by atoms with Crippen molar-refractivity contribution < 1.29 is 19.4 Å². The molecule has 0 unspecified atom stereocenters. The number of nitrogens with zero attached hydrogens (tertiary/aromatic N) is 1. The third-order valence-electron chi connectivity index (χ3n) is 4.35. The maximum absolute atomic E-state index is 13.2. The number of ether oxygens (including phenoxy) is 1. The van der Waals surface area contributed by atoms with E-state index in [1.807, 2.05) is 31.2 Å². The van der Waals surface area contributed by atoms with E-state index in [-0.39, 0.29) is 29.4 Å². The lowest BCUT2D eigenvalue weighted by Gasteiger charge is -2.18. The Morgan fingerprint density at radius 3 is 2.48 bits per heavy atom. The molecule has 1 N–H and O–H groups in total. The zero-order chi connectivity index (χ0) is 19.6. The average molecular weight is 363 g/mol. The predicted molar refractivity (Wildman–Crippen MR) is 104 cm³/mol. The van der Waals surface area contributed by atoms with Crippen molar-refractivity contribution in [2.24, 2.45) is 0 Å². The number of carbonyl (C=O) groups excluding carboxylic acids is 2. The molecule has 5 heteroatoms. The molecule has 1 heterocycles. The van der Waals surface area contributed by atoms with E-state index in [1.165, 1.54) is 11.0 Å². The standard InChI is InChI=1S/C22H21NO4/c1-4-27-22(26)20-15(3)23(17-10-8-14(2)9-11-17)21(25)19(20)13-16-6-5-7-18(24)12-16/h5-13,24H,4H2,1-3H3. The molecule has 138 valence electrons. The van der Waals surface area contributed by atoms with Crippen LogP contribution in [0.3, 0.4) is 0 Å². The van der Waals surface area contributed by atoms with Crippen LogP contribution in [0.1, 0.15) is 25.0 Å². The van der Waals surface area contributed by atoms with Gasteiger partial charge in [0.15, 0.2) is 0 Å². The monoisotopic (exact) mass is 363 g/mol. The number of aryl methyl sites for hydroxylation is 1. The van der Waals surface area contributed by atoms with Gasteiger partial charge in [-0.2, -0.15) is 0 Å². The second-order valence-electron chi connectivity index (χ2n) is 6.31. The smallest absolute Gasteiger partial charge is 0.340 e. The highest BCUT2D eigenvalue weighted by Gasteiger charge is 2.38. The highest BCUT2D eigenvalue weighted by Crippen LogP contribution is 2.35. The van der Waals surface area contributed by atoms with E-state index in [0.29, 0.717) is 16.9 Å². The number of rotatable bonds is 4. The molecular formula is C22H21NO4. The van der Waals surface area contributed by atoms with Crippen LogP contribution in [0.2, 0.25) is 0 Å². The minimum absolute atomic E-state index is 0.0866. The second kappa shape index (κ2) is 7.50. The summed E-state index contributed by atoms with van der Waals surface area (Å²) in [6.07, 6.45) is 1.60. The number of hydrogen-bond acceptors (Lipinski definition) is 4. The molecule has 5 nitrogen and oxygen atoms in total. The molecule has 27 heavy (non-hydrogen) atoms. The van der Waals surface area contributed by atoms with Crippen molar-refractivity contribution in [1.82, 2.24) is 0 Å². The van der Waals surface area contributed by atoms with Crippen LogP contribution in [0, 0.1) is 6.92 Å². The van der Waals surface area contributed by atoms with Gasteiger partial charge in [-0.1, -0.05) is 29.8 Å². The van der Waals surface area contributed by atoms with Crippen LogP contribution in [0.15, 0.2) is 65.4 Å². The van der Waals surface area contributed by atoms with Crippen molar-refractivity contribution in [1.29, 1.82) is 0 Å². The zero-order valence-corrected chi connectivity index (χ0v) is 15.5. The van der Waals surface area contributed by atoms with Crippen LogP contribution in [0.25, 0.3) is 6.08 Å². The first-order chi connectivity index (χ1) is 12.9. The topological polar surface area (TPSA) is 66.8 Å². The van der Waals surface area contributed by atoms with Crippen LogP contribution in [0.5, 0.6) is 5.75 Å². The fourth-order valence-corrected chi connectivity index (χ4v) is 3.07. The summed E-state index contributed by atoms with van der Waals surface area (Å²) < 4.78 is 5.17. The Morgan fingerprint density at radius 2 is 1.85 bits per heavy atom. The van der Waals surface area contributed by atoms with E-state index < -0.39 is 5.97 Å². The minimum atomic E-state index is -0.538. The summed E-state index contributed by atoms with van der Waals surface area (Å²) in [5.41, 5.74) is 3.40. The van der Waals surface area contributed by atoms with E-state index in [1.54, 1.807) is 38.1 Å². The lowest BCUT2D eigenvalue weighted by atomic mass is 10.0. The third kappa shape index (κ3) is 3.62. The number of amides is 1. The normalized spacial score (nSPS) is 15.6. The molecule has 0 aromatic heterocycles. The lowest BCUT2D eigenvalue weighted by molar-refractivity contribution is -0.138. The number of anilines is 1. The van der Waals surface area contributed by atoms with Crippen molar-refractivity contribution in [3.8, 4) is 5.75 Å². The summed E-state index contributed by atoms with van der Waals surface area (Å²) >= 11 is 0. The van der Waals surface area contributed by atoms with Gasteiger partial charge in [-0.3, -0.25) is 9.69 Å². The molecule has 3 rings (SSSR count). The van der Waals surface area contributed by atoms with Crippen LogP contribution >= 0.6 is 0 Å². The van der Waals surface area contributed by atoms with Gasteiger partial charge in [0.2, 0.25) is 0 Å². The van der Waals surface area contributed by atoms with Crippen molar-refractivity contribution in [3.63, 3.8) is 0 Å².